The maximum atomic E-state index is 12.2. The van der Waals surface area contributed by atoms with Crippen LogP contribution < -0.4 is 0 Å². The van der Waals surface area contributed by atoms with Gasteiger partial charge < -0.3 is 15.0 Å². The highest BCUT2D eigenvalue weighted by Crippen LogP contribution is 2.44. The number of carboxylic acids is 1. The van der Waals surface area contributed by atoms with E-state index in [4.69, 9.17) is 0 Å². The van der Waals surface area contributed by atoms with Crippen molar-refractivity contribution in [2.45, 2.75) is 44.7 Å². The Morgan fingerprint density at radius 1 is 1.33 bits per heavy atom. The number of carbonyl (C=O) groups is 2. The van der Waals surface area contributed by atoms with Crippen LogP contribution in [0.5, 0.6) is 0 Å². The lowest BCUT2D eigenvalue weighted by Crippen LogP contribution is -2.44. The molecular formula is C17H24N4O3. The van der Waals surface area contributed by atoms with Gasteiger partial charge >= 0.3 is 5.97 Å². The fourth-order valence-corrected chi connectivity index (χ4v) is 4.28. The first-order valence-electron chi connectivity index (χ1n) is 8.80. The van der Waals surface area contributed by atoms with Crippen molar-refractivity contribution in [1.82, 2.24) is 19.8 Å². The van der Waals surface area contributed by atoms with Crippen molar-refractivity contribution in [1.29, 1.82) is 0 Å². The zero-order valence-corrected chi connectivity index (χ0v) is 13.8. The molecule has 1 atom stereocenters. The molecule has 3 heterocycles. The van der Waals surface area contributed by atoms with Crippen LogP contribution in [0.1, 0.15) is 37.9 Å². The van der Waals surface area contributed by atoms with Crippen LogP contribution in [0.3, 0.4) is 0 Å². The number of rotatable bonds is 4. The van der Waals surface area contributed by atoms with Gasteiger partial charge in [-0.25, -0.2) is 4.98 Å². The maximum Gasteiger partial charge on any atom is 0.320 e. The van der Waals surface area contributed by atoms with Gasteiger partial charge in [-0.1, -0.05) is 0 Å². The van der Waals surface area contributed by atoms with E-state index in [1.807, 2.05) is 9.80 Å². The Morgan fingerprint density at radius 2 is 2.08 bits per heavy atom. The van der Waals surface area contributed by atoms with Crippen LogP contribution in [0.2, 0.25) is 0 Å². The summed E-state index contributed by atoms with van der Waals surface area (Å²) in [6.45, 7) is 2.86. The number of hydrogen-bond acceptors (Lipinski definition) is 4. The molecule has 7 heteroatoms. The molecule has 2 N–H and O–H groups in total. The summed E-state index contributed by atoms with van der Waals surface area (Å²) in [5.41, 5.74) is 0.0238. The number of likely N-dealkylation sites (tertiary alicyclic amines) is 2. The highest BCUT2D eigenvalue weighted by molar-refractivity contribution is 5.81. The average molecular weight is 332 g/mol. The van der Waals surface area contributed by atoms with E-state index in [0.717, 1.165) is 51.1 Å². The van der Waals surface area contributed by atoms with Gasteiger partial charge in [-0.2, -0.15) is 0 Å². The van der Waals surface area contributed by atoms with Crippen LogP contribution in [0, 0.1) is 11.3 Å². The molecule has 1 amide bonds. The van der Waals surface area contributed by atoms with Gasteiger partial charge in [-0.3, -0.25) is 14.5 Å². The van der Waals surface area contributed by atoms with Gasteiger partial charge in [-0.05, 0) is 37.5 Å². The van der Waals surface area contributed by atoms with Crippen molar-refractivity contribution in [2.75, 3.05) is 19.6 Å². The lowest BCUT2D eigenvalue weighted by atomic mass is 9.76. The normalized spacial score (nSPS) is 26.8. The third kappa shape index (κ3) is 2.92. The minimum Gasteiger partial charge on any atom is -0.480 e. The molecule has 4 rings (SSSR count). The first kappa shape index (κ1) is 15.6. The number of aromatic nitrogens is 2. The summed E-state index contributed by atoms with van der Waals surface area (Å²) in [7, 11) is 0. The summed E-state index contributed by atoms with van der Waals surface area (Å²) in [5.74, 6) is 0.629. The van der Waals surface area contributed by atoms with Crippen LogP contribution in [0.4, 0.5) is 0 Å². The van der Waals surface area contributed by atoms with Crippen molar-refractivity contribution in [3.05, 3.63) is 18.2 Å². The molecule has 1 aliphatic carbocycles. The number of aromatic amines is 1. The smallest absolute Gasteiger partial charge is 0.320 e. The van der Waals surface area contributed by atoms with E-state index < -0.39 is 12.0 Å². The summed E-state index contributed by atoms with van der Waals surface area (Å²) in [6.07, 6.45) is 8.02. The Morgan fingerprint density at radius 3 is 2.67 bits per heavy atom. The van der Waals surface area contributed by atoms with Gasteiger partial charge in [-0.15, -0.1) is 0 Å². The van der Waals surface area contributed by atoms with E-state index in [1.54, 1.807) is 12.4 Å². The molecule has 0 radical (unpaired) electrons. The van der Waals surface area contributed by atoms with E-state index in [0.29, 0.717) is 18.9 Å². The number of H-pyrrole nitrogens is 1. The van der Waals surface area contributed by atoms with Crippen molar-refractivity contribution >= 4 is 11.9 Å². The number of imidazole rings is 1. The number of hydrogen-bond donors (Lipinski definition) is 2. The molecule has 0 aromatic carbocycles. The first-order valence-corrected chi connectivity index (χ1v) is 8.80. The molecule has 3 aliphatic rings. The fourth-order valence-electron chi connectivity index (χ4n) is 4.28. The average Bonchev–Trinajstić information content (AvgIpc) is 3.19. The minimum absolute atomic E-state index is 0.0238. The van der Waals surface area contributed by atoms with Gasteiger partial charge in [0.05, 0.1) is 6.54 Å². The maximum absolute atomic E-state index is 12.2. The lowest BCUT2D eigenvalue weighted by Gasteiger charge is -2.39. The zero-order valence-electron chi connectivity index (χ0n) is 13.8. The number of piperidine rings is 1. The number of nitrogens with zero attached hydrogens (tertiary/aromatic N) is 3. The molecular weight excluding hydrogens is 308 g/mol. The van der Waals surface area contributed by atoms with Gasteiger partial charge in [0, 0.05) is 37.9 Å². The number of carboxylic acid groups (broad SMARTS) is 1. The first-order chi connectivity index (χ1) is 11.6. The standard InChI is InChI=1S/C17H24N4O3/c22-15(12-1-2-12)20-7-3-17(4-8-20)9-13(16(23)24)21(11-17)10-14-18-5-6-19-14/h5-6,12-13H,1-4,7-11H2,(H,18,19)(H,23,24). The Hall–Kier alpha value is -1.89. The monoisotopic (exact) mass is 332 g/mol. The van der Waals surface area contributed by atoms with Gasteiger partial charge in [0.15, 0.2) is 0 Å². The predicted octanol–water partition coefficient (Wildman–Crippen LogP) is 1.09. The molecule has 1 spiro atoms. The molecule has 1 aromatic rings. The van der Waals surface area contributed by atoms with Crippen LogP contribution in [-0.4, -0.2) is 62.4 Å². The highest BCUT2D eigenvalue weighted by atomic mass is 16.4. The van der Waals surface area contributed by atoms with E-state index in [1.165, 1.54) is 0 Å². The molecule has 1 unspecified atom stereocenters. The van der Waals surface area contributed by atoms with Crippen molar-refractivity contribution in [3.8, 4) is 0 Å². The van der Waals surface area contributed by atoms with E-state index in [2.05, 4.69) is 9.97 Å². The Kier molecular flexibility index (Phi) is 3.83. The van der Waals surface area contributed by atoms with Crippen LogP contribution in [0.15, 0.2) is 12.4 Å². The quantitative estimate of drug-likeness (QED) is 0.861. The summed E-state index contributed by atoms with van der Waals surface area (Å²) in [6, 6.07) is -0.458. The molecule has 24 heavy (non-hydrogen) atoms. The molecule has 1 aromatic heterocycles. The van der Waals surface area contributed by atoms with E-state index in [-0.39, 0.29) is 11.3 Å². The molecule has 2 saturated heterocycles. The predicted molar refractivity (Wildman–Crippen MR) is 86.0 cm³/mol. The van der Waals surface area contributed by atoms with Crippen molar-refractivity contribution in [2.24, 2.45) is 11.3 Å². The second-order valence-electron chi connectivity index (χ2n) is 7.60. The summed E-state index contributed by atoms with van der Waals surface area (Å²) in [4.78, 5) is 35.2. The Bertz CT molecular complexity index is 618. The second-order valence-corrected chi connectivity index (χ2v) is 7.60. The minimum atomic E-state index is -0.755. The Balaban J connectivity index is 1.42. The molecule has 130 valence electrons. The SMILES string of the molecule is O=C(O)C1CC2(CCN(C(=O)C3CC3)CC2)CN1Cc1ncc[nH]1. The second kappa shape index (κ2) is 5.88. The van der Waals surface area contributed by atoms with Crippen LogP contribution in [-0.2, 0) is 16.1 Å². The van der Waals surface area contributed by atoms with Crippen LogP contribution in [0.25, 0.3) is 0 Å². The Labute approximate surface area is 141 Å². The molecule has 2 aliphatic heterocycles. The molecule has 7 nitrogen and oxygen atoms in total. The number of nitrogens with one attached hydrogen (secondary N) is 1. The third-order valence-electron chi connectivity index (χ3n) is 5.86. The van der Waals surface area contributed by atoms with Gasteiger partial charge in [0.2, 0.25) is 5.91 Å². The lowest BCUT2D eigenvalue weighted by molar-refractivity contribution is -0.142. The number of carbonyl (C=O) groups excluding carboxylic acids is 1. The van der Waals surface area contributed by atoms with Crippen LogP contribution >= 0.6 is 0 Å². The fraction of sp³-hybridized carbons (Fsp3) is 0.706. The van der Waals surface area contributed by atoms with Crippen molar-refractivity contribution in [3.63, 3.8) is 0 Å². The van der Waals surface area contributed by atoms with E-state index in [9.17, 15) is 14.7 Å². The summed E-state index contributed by atoms with van der Waals surface area (Å²) in [5, 5.41) is 9.61. The zero-order chi connectivity index (χ0) is 16.7. The molecule has 3 fully saturated rings. The molecule has 0 bridgehead atoms. The number of aliphatic carboxylic acids is 1. The number of amides is 1. The highest BCUT2D eigenvalue weighted by Gasteiger charge is 2.49. The third-order valence-corrected chi connectivity index (χ3v) is 5.86. The topological polar surface area (TPSA) is 89.5 Å². The van der Waals surface area contributed by atoms with Gasteiger partial charge in [0.25, 0.3) is 0 Å². The largest absolute Gasteiger partial charge is 0.480 e. The van der Waals surface area contributed by atoms with Gasteiger partial charge in [0.1, 0.15) is 11.9 Å². The van der Waals surface area contributed by atoms with E-state index >= 15 is 0 Å². The summed E-state index contributed by atoms with van der Waals surface area (Å²) >= 11 is 0. The summed E-state index contributed by atoms with van der Waals surface area (Å²) < 4.78 is 0. The van der Waals surface area contributed by atoms with Crippen molar-refractivity contribution < 1.29 is 14.7 Å². The molecule has 1 saturated carbocycles.